The van der Waals surface area contributed by atoms with Crippen molar-refractivity contribution in [3.8, 4) is 17.2 Å². The van der Waals surface area contributed by atoms with Gasteiger partial charge in [-0.05, 0) is 41.5 Å². The Hall–Kier alpha value is -4.30. The molecule has 2 aliphatic heterocycles. The summed E-state index contributed by atoms with van der Waals surface area (Å²) >= 11 is 1.34. The molecule has 192 valence electrons. The molecule has 1 amide bonds. The minimum atomic E-state index is -0.442. The molecule has 2 aliphatic rings. The van der Waals surface area contributed by atoms with E-state index in [2.05, 4.69) is 11.9 Å². The highest BCUT2D eigenvalue weighted by atomic mass is 32.2. The fourth-order valence-corrected chi connectivity index (χ4v) is 4.90. The number of benzene rings is 3. The summed E-state index contributed by atoms with van der Waals surface area (Å²) in [5.74, 6) is 1.76. The monoisotopic (exact) mass is 525 g/mol. The Kier molecular flexibility index (Phi) is 7.60. The van der Waals surface area contributed by atoms with Gasteiger partial charge in [-0.3, -0.25) is 15.1 Å². The molecule has 0 aromatic heterocycles. The maximum atomic E-state index is 12.8. The molecule has 38 heavy (non-hydrogen) atoms. The average molecular weight is 526 g/mol. The van der Waals surface area contributed by atoms with Gasteiger partial charge in [-0.25, -0.2) is 0 Å². The van der Waals surface area contributed by atoms with E-state index in [0.717, 1.165) is 17.0 Å². The highest BCUT2D eigenvalue weighted by Gasteiger charge is 2.36. The van der Waals surface area contributed by atoms with Crippen LogP contribution in [0.3, 0.4) is 0 Å². The smallest absolute Gasteiger partial charge is 0.283 e. The van der Waals surface area contributed by atoms with Crippen molar-refractivity contribution in [3.63, 3.8) is 0 Å². The van der Waals surface area contributed by atoms with Gasteiger partial charge in [0.2, 0.25) is 0 Å². The second kappa shape index (κ2) is 11.4. The second-order valence-electron chi connectivity index (χ2n) is 8.88. The Morgan fingerprint density at radius 3 is 2.42 bits per heavy atom. The standard InChI is InChI=1S/C30H27N3O4S/c1-20(17-36-23-11-7-4-8-12-23)18-37-26-14-13-21(16-27(26)35-2)15-24-28(31)33-25(22-9-5-3-6-10-22)19-38-30(33)32-29(24)34/h3-16,19-20,31H,17-18H2,1-2H3/b24-15-,31-28?. The number of thioether (sulfide) groups is 1. The van der Waals surface area contributed by atoms with Crippen LogP contribution in [0.2, 0.25) is 0 Å². The Morgan fingerprint density at radius 1 is 0.974 bits per heavy atom. The van der Waals surface area contributed by atoms with E-state index in [1.54, 1.807) is 24.2 Å². The first-order valence-electron chi connectivity index (χ1n) is 12.2. The molecular formula is C30H27N3O4S. The molecule has 0 spiro atoms. The number of nitrogens with zero attached hydrogens (tertiary/aromatic N) is 2. The SMILES string of the molecule is COc1cc(/C=C2/C(=N)N3C(c4ccccc4)=CSC3=NC2=O)ccc1OCC(C)COc1ccccc1. The molecule has 2 heterocycles. The third kappa shape index (κ3) is 5.50. The zero-order chi connectivity index (χ0) is 26.5. The third-order valence-corrected chi connectivity index (χ3v) is 6.81. The fraction of sp³-hybridized carbons (Fsp3) is 0.167. The van der Waals surface area contributed by atoms with Gasteiger partial charge < -0.3 is 14.2 Å². The molecule has 1 atom stereocenters. The number of methoxy groups -OCH3 is 1. The van der Waals surface area contributed by atoms with Crippen LogP contribution < -0.4 is 14.2 Å². The number of fused-ring (bicyclic) bond motifs is 1. The van der Waals surface area contributed by atoms with Crippen LogP contribution in [-0.2, 0) is 4.79 Å². The summed E-state index contributed by atoms with van der Waals surface area (Å²) in [4.78, 5) is 18.8. The van der Waals surface area contributed by atoms with Crippen LogP contribution in [0, 0.1) is 11.3 Å². The summed E-state index contributed by atoms with van der Waals surface area (Å²) in [7, 11) is 1.57. The van der Waals surface area contributed by atoms with E-state index in [-0.39, 0.29) is 17.3 Å². The van der Waals surface area contributed by atoms with Crippen LogP contribution in [0.4, 0.5) is 0 Å². The Morgan fingerprint density at radius 2 is 1.68 bits per heavy atom. The van der Waals surface area contributed by atoms with E-state index in [4.69, 9.17) is 19.6 Å². The van der Waals surface area contributed by atoms with Crippen molar-refractivity contribution in [2.24, 2.45) is 10.9 Å². The van der Waals surface area contributed by atoms with Crippen LogP contribution in [0.15, 0.2) is 94.8 Å². The number of amidine groups is 2. The number of para-hydroxylation sites is 1. The zero-order valence-corrected chi connectivity index (χ0v) is 21.9. The quantitative estimate of drug-likeness (QED) is 0.340. The van der Waals surface area contributed by atoms with E-state index in [0.29, 0.717) is 35.4 Å². The summed E-state index contributed by atoms with van der Waals surface area (Å²) in [6.45, 7) is 3.03. The van der Waals surface area contributed by atoms with E-state index in [1.807, 2.05) is 78.2 Å². The predicted molar refractivity (Wildman–Crippen MR) is 152 cm³/mol. The molecule has 7 nitrogen and oxygen atoms in total. The summed E-state index contributed by atoms with van der Waals surface area (Å²) in [5.41, 5.74) is 2.69. The number of nitrogens with one attached hydrogen (secondary N) is 1. The number of amides is 1. The zero-order valence-electron chi connectivity index (χ0n) is 21.1. The lowest BCUT2D eigenvalue weighted by atomic mass is 10.1. The molecule has 8 heteroatoms. The van der Waals surface area contributed by atoms with E-state index >= 15 is 0 Å². The lowest BCUT2D eigenvalue weighted by Crippen LogP contribution is -2.38. The number of aliphatic imine (C=N–C) groups is 1. The molecule has 0 bridgehead atoms. The first-order valence-corrected chi connectivity index (χ1v) is 13.1. The molecule has 0 aliphatic carbocycles. The fourth-order valence-electron chi connectivity index (χ4n) is 4.01. The lowest BCUT2D eigenvalue weighted by molar-refractivity contribution is -0.114. The molecule has 0 radical (unpaired) electrons. The van der Waals surface area contributed by atoms with E-state index in [1.165, 1.54) is 11.8 Å². The van der Waals surface area contributed by atoms with Gasteiger partial charge in [0.05, 0.1) is 31.6 Å². The van der Waals surface area contributed by atoms with Gasteiger partial charge in [-0.15, -0.1) is 0 Å². The first kappa shape index (κ1) is 25.4. The van der Waals surface area contributed by atoms with Crippen molar-refractivity contribution in [1.82, 2.24) is 4.90 Å². The van der Waals surface area contributed by atoms with Crippen molar-refractivity contribution in [2.75, 3.05) is 20.3 Å². The van der Waals surface area contributed by atoms with Crippen LogP contribution in [0.1, 0.15) is 18.1 Å². The van der Waals surface area contributed by atoms with Gasteiger partial charge >= 0.3 is 0 Å². The molecule has 3 aromatic rings. The number of rotatable bonds is 9. The van der Waals surface area contributed by atoms with Crippen molar-refractivity contribution < 1.29 is 19.0 Å². The first-order chi connectivity index (χ1) is 18.5. The molecule has 5 rings (SSSR count). The van der Waals surface area contributed by atoms with Gasteiger partial charge in [0.25, 0.3) is 5.91 Å². The number of hydrogen-bond acceptors (Lipinski definition) is 6. The molecule has 0 fully saturated rings. The molecule has 3 aromatic carbocycles. The molecule has 0 saturated heterocycles. The summed E-state index contributed by atoms with van der Waals surface area (Å²) in [6, 6.07) is 24.9. The Bertz CT molecular complexity index is 1430. The van der Waals surface area contributed by atoms with Crippen LogP contribution in [0.25, 0.3) is 11.8 Å². The van der Waals surface area contributed by atoms with Gasteiger partial charge in [0, 0.05) is 11.3 Å². The van der Waals surface area contributed by atoms with E-state index < -0.39 is 5.91 Å². The number of ether oxygens (including phenoxy) is 3. The van der Waals surface area contributed by atoms with E-state index in [9.17, 15) is 4.79 Å². The third-order valence-electron chi connectivity index (χ3n) is 5.98. The predicted octanol–water partition coefficient (Wildman–Crippen LogP) is 6.09. The maximum Gasteiger partial charge on any atom is 0.283 e. The molecular weight excluding hydrogens is 498 g/mol. The highest BCUT2D eigenvalue weighted by molar-refractivity contribution is 8.17. The molecule has 1 N–H and O–H groups in total. The van der Waals surface area contributed by atoms with Gasteiger partial charge in [0.1, 0.15) is 11.6 Å². The lowest BCUT2D eigenvalue weighted by Gasteiger charge is -2.27. The van der Waals surface area contributed by atoms with Crippen molar-refractivity contribution in [1.29, 1.82) is 5.41 Å². The van der Waals surface area contributed by atoms with Gasteiger partial charge in [0.15, 0.2) is 16.7 Å². The number of carbonyl (C=O) groups excluding carboxylic acids is 1. The molecule has 1 unspecified atom stereocenters. The van der Waals surface area contributed by atoms with Crippen molar-refractivity contribution >= 4 is 40.4 Å². The minimum Gasteiger partial charge on any atom is -0.493 e. The van der Waals surface area contributed by atoms with Crippen LogP contribution >= 0.6 is 11.8 Å². The van der Waals surface area contributed by atoms with Gasteiger partial charge in [-0.2, -0.15) is 4.99 Å². The summed E-state index contributed by atoms with van der Waals surface area (Å²) in [6.07, 6.45) is 1.67. The minimum absolute atomic E-state index is 0.0895. The Balaban J connectivity index is 1.29. The second-order valence-corrected chi connectivity index (χ2v) is 9.72. The van der Waals surface area contributed by atoms with Crippen LogP contribution in [0.5, 0.6) is 17.2 Å². The van der Waals surface area contributed by atoms with Crippen molar-refractivity contribution in [3.05, 3.63) is 101 Å². The summed E-state index contributed by atoms with van der Waals surface area (Å²) in [5, 5.41) is 11.2. The average Bonchev–Trinajstić information content (AvgIpc) is 3.38. The largest absolute Gasteiger partial charge is 0.493 e. The highest BCUT2D eigenvalue weighted by Crippen LogP contribution is 2.37. The van der Waals surface area contributed by atoms with Gasteiger partial charge in [-0.1, -0.05) is 73.3 Å². The topological polar surface area (TPSA) is 84.2 Å². The Labute approximate surface area is 225 Å². The van der Waals surface area contributed by atoms with Crippen LogP contribution in [-0.4, -0.2) is 42.1 Å². The number of hydrogen-bond donors (Lipinski definition) is 1. The number of carbonyl (C=O) groups is 1. The summed E-state index contributed by atoms with van der Waals surface area (Å²) < 4.78 is 17.4. The van der Waals surface area contributed by atoms with Crippen molar-refractivity contribution in [2.45, 2.75) is 6.92 Å². The molecule has 0 saturated carbocycles. The maximum absolute atomic E-state index is 12.8. The normalized spacial score (nSPS) is 16.6.